The molecule has 1 rings (SSSR count). The van der Waals surface area contributed by atoms with Crippen LogP contribution in [-0.2, 0) is 0 Å². The van der Waals surface area contributed by atoms with E-state index in [1.54, 1.807) is 0 Å². The molecule has 2 N–H and O–H groups in total. The van der Waals surface area contributed by atoms with Gasteiger partial charge < -0.3 is 10.4 Å². The van der Waals surface area contributed by atoms with Gasteiger partial charge in [-0.05, 0) is 37.5 Å². The van der Waals surface area contributed by atoms with Gasteiger partial charge in [-0.3, -0.25) is 0 Å². The van der Waals surface area contributed by atoms with E-state index in [2.05, 4.69) is 28.3 Å². The van der Waals surface area contributed by atoms with Gasteiger partial charge in [-0.1, -0.05) is 44.6 Å². The lowest BCUT2D eigenvalue weighted by atomic mass is 10.1. The number of aromatic nitrogens is 2. The van der Waals surface area contributed by atoms with Crippen molar-refractivity contribution < 1.29 is 5.11 Å². The molecule has 0 radical (unpaired) electrons. The molecule has 0 aromatic carbocycles. The Morgan fingerprint density at radius 3 is 2.61 bits per heavy atom. The molecule has 4 heteroatoms. The van der Waals surface area contributed by atoms with Gasteiger partial charge in [0.05, 0.1) is 0 Å². The molecule has 1 heterocycles. The van der Waals surface area contributed by atoms with Crippen LogP contribution in [0.25, 0.3) is 11.1 Å². The number of nitrogens with zero attached hydrogens (tertiary/aromatic N) is 2. The first-order valence-corrected chi connectivity index (χ1v) is 8.24. The Morgan fingerprint density at radius 1 is 1.35 bits per heavy atom. The van der Waals surface area contributed by atoms with Crippen LogP contribution in [0.1, 0.15) is 45.0 Å². The highest BCUT2D eigenvalue weighted by atomic mass is 16.3. The van der Waals surface area contributed by atoms with Gasteiger partial charge in [0, 0.05) is 31.1 Å². The molecule has 0 aliphatic carbocycles. The van der Waals surface area contributed by atoms with Gasteiger partial charge in [0.15, 0.2) is 5.82 Å². The number of allylic oxidation sites excluding steroid dienone is 4. The van der Waals surface area contributed by atoms with Gasteiger partial charge in [-0.2, -0.15) is 0 Å². The predicted molar refractivity (Wildman–Crippen MR) is 97.9 cm³/mol. The number of nitrogens with one attached hydrogen (secondary N) is 1. The molecule has 23 heavy (non-hydrogen) atoms. The Bertz CT molecular complexity index is 544. The monoisotopic (exact) mass is 315 g/mol. The molecule has 0 bridgehead atoms. The zero-order valence-electron chi connectivity index (χ0n) is 14.7. The predicted octanol–water partition coefficient (Wildman–Crippen LogP) is 3.47. The van der Waals surface area contributed by atoms with Crippen molar-refractivity contribution in [3.63, 3.8) is 0 Å². The molecule has 0 spiro atoms. The fourth-order valence-corrected chi connectivity index (χ4v) is 2.04. The molecule has 0 amide bonds. The van der Waals surface area contributed by atoms with Crippen molar-refractivity contribution in [2.45, 2.75) is 33.6 Å². The number of hydrogen-bond donors (Lipinski definition) is 2. The van der Waals surface area contributed by atoms with Gasteiger partial charge >= 0.3 is 0 Å². The summed E-state index contributed by atoms with van der Waals surface area (Å²) in [5.74, 6) is 0.981. The third kappa shape index (κ3) is 6.89. The van der Waals surface area contributed by atoms with Crippen molar-refractivity contribution in [2.75, 3.05) is 20.2 Å². The number of likely N-dealkylation sites (N-methyl/N-ethyl adjacent to an activating group) is 1. The van der Waals surface area contributed by atoms with Gasteiger partial charge in [-0.15, -0.1) is 0 Å². The van der Waals surface area contributed by atoms with Crippen molar-refractivity contribution in [2.24, 2.45) is 5.92 Å². The fourth-order valence-electron chi connectivity index (χ4n) is 2.04. The lowest BCUT2D eigenvalue weighted by molar-refractivity contribution is 0.262. The van der Waals surface area contributed by atoms with E-state index in [1.807, 2.05) is 51.5 Å². The second-order valence-corrected chi connectivity index (χ2v) is 5.73. The maximum absolute atomic E-state index is 9.00. The Labute approximate surface area is 140 Å². The summed E-state index contributed by atoms with van der Waals surface area (Å²) < 4.78 is 0. The molecule has 0 aliphatic rings. The number of aliphatic hydroxyl groups excluding tert-OH is 1. The first-order chi connectivity index (χ1) is 11.1. The van der Waals surface area contributed by atoms with Crippen molar-refractivity contribution in [3.05, 3.63) is 48.1 Å². The molecule has 1 aromatic rings. The Balaban J connectivity index is 2.85. The molecule has 1 unspecified atom stereocenters. The molecule has 126 valence electrons. The minimum Gasteiger partial charge on any atom is -0.396 e. The van der Waals surface area contributed by atoms with Crippen molar-refractivity contribution >= 4 is 11.1 Å². The van der Waals surface area contributed by atoms with E-state index >= 15 is 0 Å². The van der Waals surface area contributed by atoms with E-state index < -0.39 is 0 Å². The van der Waals surface area contributed by atoms with Crippen molar-refractivity contribution in [1.82, 2.24) is 15.3 Å². The largest absolute Gasteiger partial charge is 0.396 e. The molecule has 0 fully saturated rings. The molecule has 1 aromatic heterocycles. The van der Waals surface area contributed by atoms with Gasteiger partial charge in [0.1, 0.15) is 0 Å². The number of rotatable bonds is 9. The van der Waals surface area contributed by atoms with Crippen LogP contribution >= 0.6 is 0 Å². The molecule has 4 nitrogen and oxygen atoms in total. The maximum atomic E-state index is 9.00. The van der Waals surface area contributed by atoms with Crippen LogP contribution in [0.4, 0.5) is 0 Å². The topological polar surface area (TPSA) is 58.0 Å². The highest BCUT2D eigenvalue weighted by Gasteiger charge is 2.05. The normalized spacial score (nSPS) is 14.5. The van der Waals surface area contributed by atoms with E-state index in [1.165, 1.54) is 5.57 Å². The summed E-state index contributed by atoms with van der Waals surface area (Å²) in [5, 5.41) is 12.1. The summed E-state index contributed by atoms with van der Waals surface area (Å²) in [6.45, 7) is 7.17. The smallest absolute Gasteiger partial charge is 0.154 e. The average Bonchev–Trinajstić information content (AvgIpc) is 2.58. The lowest BCUT2D eigenvalue weighted by Crippen LogP contribution is -2.06. The third-order valence-corrected chi connectivity index (χ3v) is 3.54. The molecule has 1 atom stereocenters. The highest BCUT2D eigenvalue weighted by molar-refractivity contribution is 5.65. The zero-order chi connectivity index (χ0) is 17.1. The minimum atomic E-state index is 0.167. The molecule has 0 saturated heterocycles. The van der Waals surface area contributed by atoms with Crippen LogP contribution in [-0.4, -0.2) is 35.3 Å². The Hall–Kier alpha value is -1.78. The SMILES string of the molecule is CCC/C(=C\CNC)c1ncc(/C(C)=C/C=C\C(C)CO)cn1. The number of aliphatic hydroxyl groups is 1. The Morgan fingerprint density at radius 2 is 2.04 bits per heavy atom. The van der Waals surface area contributed by atoms with Crippen molar-refractivity contribution in [3.8, 4) is 0 Å². The van der Waals surface area contributed by atoms with Crippen molar-refractivity contribution in [1.29, 1.82) is 0 Å². The third-order valence-electron chi connectivity index (χ3n) is 3.54. The average molecular weight is 315 g/mol. The van der Waals surface area contributed by atoms with Gasteiger partial charge in [0.25, 0.3) is 0 Å². The van der Waals surface area contributed by atoms with Crippen LogP contribution in [0.15, 0.2) is 36.7 Å². The summed E-state index contributed by atoms with van der Waals surface area (Å²) >= 11 is 0. The second-order valence-electron chi connectivity index (χ2n) is 5.73. The van der Waals surface area contributed by atoms with Crippen LogP contribution < -0.4 is 5.32 Å². The maximum Gasteiger partial charge on any atom is 0.154 e. The summed E-state index contributed by atoms with van der Waals surface area (Å²) in [7, 11) is 1.93. The van der Waals surface area contributed by atoms with Crippen LogP contribution in [0, 0.1) is 5.92 Å². The molecule has 0 saturated carbocycles. The second kappa shape index (κ2) is 10.9. The fraction of sp³-hybridized carbons (Fsp3) is 0.474. The van der Waals surface area contributed by atoms with E-state index in [9.17, 15) is 0 Å². The first-order valence-electron chi connectivity index (χ1n) is 8.24. The highest BCUT2D eigenvalue weighted by Crippen LogP contribution is 2.18. The quantitative estimate of drug-likeness (QED) is 0.685. The summed E-state index contributed by atoms with van der Waals surface area (Å²) in [6, 6.07) is 0. The van der Waals surface area contributed by atoms with Crippen LogP contribution in [0.3, 0.4) is 0 Å². The zero-order valence-corrected chi connectivity index (χ0v) is 14.7. The lowest BCUT2D eigenvalue weighted by Gasteiger charge is -2.06. The van der Waals surface area contributed by atoms with Gasteiger partial charge in [0.2, 0.25) is 0 Å². The molecular formula is C19H29N3O. The van der Waals surface area contributed by atoms with E-state index in [0.717, 1.165) is 36.3 Å². The van der Waals surface area contributed by atoms with E-state index in [0.29, 0.717) is 0 Å². The molecular weight excluding hydrogens is 286 g/mol. The van der Waals surface area contributed by atoms with E-state index in [4.69, 9.17) is 5.11 Å². The minimum absolute atomic E-state index is 0.167. The van der Waals surface area contributed by atoms with E-state index in [-0.39, 0.29) is 12.5 Å². The number of hydrogen-bond acceptors (Lipinski definition) is 4. The molecule has 0 aliphatic heterocycles. The van der Waals surface area contributed by atoms with Crippen LogP contribution in [0.5, 0.6) is 0 Å². The standard InChI is InChI=1S/C19H29N3O/c1-5-7-17(10-11-20-4)19-21-12-18(13-22-19)16(3)9-6-8-15(2)14-23/h6,8-10,12-13,15,20,23H,5,7,11,14H2,1-4H3/b8-6-,16-9+,17-10+. The summed E-state index contributed by atoms with van der Waals surface area (Å²) in [5.41, 5.74) is 3.31. The van der Waals surface area contributed by atoms with Gasteiger partial charge in [-0.25, -0.2) is 9.97 Å². The summed E-state index contributed by atoms with van der Waals surface area (Å²) in [4.78, 5) is 9.04. The van der Waals surface area contributed by atoms with Crippen LogP contribution in [0.2, 0.25) is 0 Å². The first kappa shape index (κ1) is 19.3. The Kier molecular flexibility index (Phi) is 9.10. The summed E-state index contributed by atoms with van der Waals surface area (Å²) in [6.07, 6.45) is 13.9.